The lowest BCUT2D eigenvalue weighted by molar-refractivity contribution is -0.192. The van der Waals surface area contributed by atoms with Gasteiger partial charge in [0.1, 0.15) is 17.5 Å². The van der Waals surface area contributed by atoms with Gasteiger partial charge in [-0.2, -0.15) is 23.4 Å². The molecule has 0 aliphatic rings. The molecule has 5 heterocycles. The van der Waals surface area contributed by atoms with Gasteiger partial charge in [0.2, 0.25) is 0 Å². The van der Waals surface area contributed by atoms with E-state index in [0.29, 0.717) is 5.82 Å². The minimum atomic E-state index is -5.08. The summed E-state index contributed by atoms with van der Waals surface area (Å²) in [6.45, 7) is 3.82. The average molecular weight is 615 g/mol. The summed E-state index contributed by atoms with van der Waals surface area (Å²) in [4.78, 5) is 28.4. The molecular weight excluding hydrogens is 589 g/mol. The molecule has 0 saturated carbocycles. The molecule has 15 heteroatoms. The number of carboxylic acids is 1. The molecule has 0 unspecified atom stereocenters. The Bertz CT molecular complexity index is 1840. The number of rotatable bonds is 7. The van der Waals surface area contributed by atoms with Gasteiger partial charge in [0.15, 0.2) is 0 Å². The Morgan fingerprint density at radius 3 is 2.04 bits per heavy atom. The van der Waals surface area contributed by atoms with Gasteiger partial charge in [0, 0.05) is 30.3 Å². The molecule has 6 aromatic rings. The number of anilines is 5. The van der Waals surface area contributed by atoms with Gasteiger partial charge in [0.05, 0.1) is 53.2 Å². The number of pyridine rings is 3. The number of nitrogens with one attached hydrogen (secondary N) is 1. The lowest BCUT2D eigenvalue weighted by Crippen LogP contribution is -2.21. The van der Waals surface area contributed by atoms with E-state index in [4.69, 9.17) is 9.90 Å². The predicted molar refractivity (Wildman–Crippen MR) is 159 cm³/mol. The van der Waals surface area contributed by atoms with E-state index in [1.54, 1.807) is 18.6 Å². The summed E-state index contributed by atoms with van der Waals surface area (Å²) in [5.41, 5.74) is 5.44. The van der Waals surface area contributed by atoms with Crippen LogP contribution in [0.2, 0.25) is 0 Å². The molecule has 2 N–H and O–H groups in total. The summed E-state index contributed by atoms with van der Waals surface area (Å²) in [5, 5.41) is 19.6. The fraction of sp³-hybridized carbons (Fsp3) is 0.100. The van der Waals surface area contributed by atoms with Crippen LogP contribution in [0, 0.1) is 13.8 Å². The van der Waals surface area contributed by atoms with Crippen LogP contribution in [0.1, 0.15) is 11.6 Å². The Balaban J connectivity index is 0.000000515. The summed E-state index contributed by atoms with van der Waals surface area (Å²) in [6, 6.07) is 19.7. The zero-order chi connectivity index (χ0) is 32.0. The van der Waals surface area contributed by atoms with E-state index in [9.17, 15) is 13.2 Å². The first-order valence-electron chi connectivity index (χ1n) is 13.3. The molecule has 0 bridgehead atoms. The zero-order valence-corrected chi connectivity index (χ0v) is 23.8. The third kappa shape index (κ3) is 7.45. The van der Waals surface area contributed by atoms with Crippen LogP contribution in [0.3, 0.4) is 0 Å². The van der Waals surface area contributed by atoms with Crippen LogP contribution in [0.15, 0.2) is 104 Å². The van der Waals surface area contributed by atoms with Crippen LogP contribution in [0.4, 0.5) is 41.7 Å². The number of alkyl halides is 3. The molecule has 1 aromatic carbocycles. The Morgan fingerprint density at radius 1 is 0.867 bits per heavy atom. The Morgan fingerprint density at radius 2 is 1.51 bits per heavy atom. The van der Waals surface area contributed by atoms with Gasteiger partial charge in [0.25, 0.3) is 0 Å². The number of carbonyl (C=O) groups is 1. The molecule has 5 aromatic heterocycles. The summed E-state index contributed by atoms with van der Waals surface area (Å²) in [7, 11) is 0. The summed E-state index contributed by atoms with van der Waals surface area (Å²) in [6.07, 6.45) is 7.60. The summed E-state index contributed by atoms with van der Waals surface area (Å²) < 4.78 is 35.4. The molecular formula is C30H25F3N10O2. The highest BCUT2D eigenvalue weighted by Gasteiger charge is 2.38. The van der Waals surface area contributed by atoms with Crippen molar-refractivity contribution in [3.8, 4) is 11.4 Å². The number of hydrogen-bond acceptors (Lipinski definition) is 9. The average Bonchev–Trinajstić information content (AvgIpc) is 3.65. The van der Waals surface area contributed by atoms with Crippen molar-refractivity contribution in [3.63, 3.8) is 0 Å². The van der Waals surface area contributed by atoms with Crippen molar-refractivity contribution in [2.45, 2.75) is 20.0 Å². The maximum absolute atomic E-state index is 10.6. The molecule has 228 valence electrons. The number of hydrogen-bond donors (Lipinski definition) is 2. The van der Waals surface area contributed by atoms with Gasteiger partial charge in [-0.25, -0.2) is 24.1 Å². The quantitative estimate of drug-likeness (QED) is 0.217. The van der Waals surface area contributed by atoms with Crippen molar-refractivity contribution >= 4 is 34.5 Å². The van der Waals surface area contributed by atoms with E-state index in [1.807, 2.05) is 109 Å². The van der Waals surface area contributed by atoms with Crippen LogP contribution in [-0.4, -0.2) is 56.7 Å². The molecule has 0 aliphatic heterocycles. The maximum atomic E-state index is 10.6. The molecule has 0 aliphatic carbocycles. The van der Waals surface area contributed by atoms with Gasteiger partial charge in [-0.05, 0) is 68.4 Å². The number of nitrogens with zero attached hydrogens (tertiary/aromatic N) is 9. The van der Waals surface area contributed by atoms with Crippen LogP contribution in [-0.2, 0) is 4.79 Å². The first-order valence-corrected chi connectivity index (χ1v) is 13.3. The maximum Gasteiger partial charge on any atom is 0.490 e. The first kappa shape index (κ1) is 30.3. The normalized spacial score (nSPS) is 11.0. The molecule has 0 spiro atoms. The molecule has 12 nitrogen and oxygen atoms in total. The van der Waals surface area contributed by atoms with Crippen LogP contribution in [0.25, 0.3) is 11.4 Å². The van der Waals surface area contributed by atoms with E-state index >= 15 is 0 Å². The van der Waals surface area contributed by atoms with Crippen molar-refractivity contribution < 1.29 is 23.1 Å². The number of carboxylic acid groups (broad SMARTS) is 1. The molecule has 0 fully saturated rings. The van der Waals surface area contributed by atoms with Gasteiger partial charge in [-0.15, -0.1) is 0 Å². The summed E-state index contributed by atoms with van der Waals surface area (Å²) in [5.74, 6) is -0.456. The lowest BCUT2D eigenvalue weighted by atomic mass is 10.2. The number of aryl methyl sites for hydroxylation is 2. The van der Waals surface area contributed by atoms with E-state index in [2.05, 4.69) is 40.3 Å². The Kier molecular flexibility index (Phi) is 8.79. The van der Waals surface area contributed by atoms with Crippen molar-refractivity contribution in [3.05, 3.63) is 116 Å². The van der Waals surface area contributed by atoms with Crippen molar-refractivity contribution in [2.75, 3.05) is 10.2 Å². The molecule has 0 amide bonds. The number of aliphatic carboxylic acids is 1. The molecule has 0 radical (unpaired) electrons. The Labute approximate surface area is 254 Å². The molecule has 0 saturated heterocycles. The highest BCUT2D eigenvalue weighted by atomic mass is 19.4. The van der Waals surface area contributed by atoms with E-state index in [-0.39, 0.29) is 0 Å². The van der Waals surface area contributed by atoms with Crippen LogP contribution < -0.4 is 10.2 Å². The highest BCUT2D eigenvalue weighted by molar-refractivity contribution is 5.75. The third-order valence-electron chi connectivity index (χ3n) is 6.15. The van der Waals surface area contributed by atoms with E-state index < -0.39 is 12.1 Å². The van der Waals surface area contributed by atoms with Gasteiger partial charge in [-0.1, -0.05) is 0 Å². The van der Waals surface area contributed by atoms with Gasteiger partial charge >= 0.3 is 12.1 Å². The standard InChI is InChI=1S/C28H24N10.C2HF3O2/c1-20-33-21(2)38(35-20)23-9-7-22(8-10-23)34-28-15-24(11-14-31-28)36-19-27(18-32-36)37(25-5-3-12-29-16-25)26-6-4-13-30-17-26;3-2(4,5)1(6)7/h3-19H,1-2H3,(H,31,34);(H,6,7). The number of aromatic nitrogens is 8. The van der Waals surface area contributed by atoms with E-state index in [0.717, 1.165) is 45.8 Å². The third-order valence-corrected chi connectivity index (χ3v) is 6.15. The first-order chi connectivity index (χ1) is 21.6. The topological polar surface area (TPSA) is 140 Å². The molecule has 45 heavy (non-hydrogen) atoms. The summed E-state index contributed by atoms with van der Waals surface area (Å²) >= 11 is 0. The highest BCUT2D eigenvalue weighted by Crippen LogP contribution is 2.33. The number of benzene rings is 1. The minimum absolute atomic E-state index is 0.705. The predicted octanol–water partition coefficient (Wildman–Crippen LogP) is 6.10. The van der Waals surface area contributed by atoms with E-state index in [1.165, 1.54) is 0 Å². The number of halogens is 3. The fourth-order valence-corrected chi connectivity index (χ4v) is 4.22. The van der Waals surface area contributed by atoms with Crippen LogP contribution in [0.5, 0.6) is 0 Å². The second-order valence-electron chi connectivity index (χ2n) is 9.39. The second-order valence-corrected chi connectivity index (χ2v) is 9.39. The van der Waals surface area contributed by atoms with Crippen molar-refractivity contribution in [1.29, 1.82) is 0 Å². The minimum Gasteiger partial charge on any atom is -0.475 e. The lowest BCUT2D eigenvalue weighted by Gasteiger charge is -2.22. The Hall–Kier alpha value is -6.12. The molecule has 6 rings (SSSR count). The molecule has 0 atom stereocenters. The SMILES string of the molecule is Cc1nc(C)n(-c2ccc(Nc3cc(-n4cc(N(c5cccnc5)c5cccnc5)cn4)ccn3)cc2)n1.O=C(O)C(F)(F)F. The van der Waals surface area contributed by atoms with Gasteiger partial charge in [-0.3, -0.25) is 9.97 Å². The monoisotopic (exact) mass is 614 g/mol. The van der Waals surface area contributed by atoms with Crippen molar-refractivity contribution in [1.82, 2.24) is 39.5 Å². The zero-order valence-electron chi connectivity index (χ0n) is 23.8. The van der Waals surface area contributed by atoms with Crippen LogP contribution >= 0.6 is 0 Å². The largest absolute Gasteiger partial charge is 0.490 e. The smallest absolute Gasteiger partial charge is 0.475 e. The van der Waals surface area contributed by atoms with Gasteiger partial charge < -0.3 is 15.3 Å². The fourth-order valence-electron chi connectivity index (χ4n) is 4.22. The van der Waals surface area contributed by atoms with Crippen molar-refractivity contribution in [2.24, 2.45) is 0 Å². The second kappa shape index (κ2) is 13.0.